The first kappa shape index (κ1) is 20.7. The fraction of sp³-hybridized carbons (Fsp3) is 0.200. The maximum atomic E-state index is 12.7. The lowest BCUT2D eigenvalue weighted by Crippen LogP contribution is -2.41. The van der Waals surface area contributed by atoms with E-state index in [0.717, 1.165) is 10.0 Å². The number of nitrogens with zero attached hydrogens (tertiary/aromatic N) is 2. The van der Waals surface area contributed by atoms with Gasteiger partial charge in [0.1, 0.15) is 0 Å². The molecule has 9 heteroatoms. The Kier molecular flexibility index (Phi) is 7.09. The Bertz CT molecular complexity index is 942. The van der Waals surface area contributed by atoms with Gasteiger partial charge in [0.25, 0.3) is 5.91 Å². The number of carbonyl (C=O) groups excluding carboxylic acids is 3. The number of hydrogen-bond acceptors (Lipinski definition) is 5. The zero-order valence-corrected chi connectivity index (χ0v) is 17.0. The molecule has 0 aromatic heterocycles. The molecule has 1 aliphatic heterocycles. The molecular formula is C20H19BrN4O4. The molecule has 0 bridgehead atoms. The highest BCUT2D eigenvalue weighted by molar-refractivity contribution is 9.10. The Morgan fingerprint density at radius 3 is 2.55 bits per heavy atom. The molecule has 1 heterocycles. The molecule has 0 saturated carbocycles. The van der Waals surface area contributed by atoms with Crippen LogP contribution >= 0.6 is 15.9 Å². The number of anilines is 1. The zero-order valence-electron chi connectivity index (χ0n) is 15.4. The molecule has 8 nitrogen and oxygen atoms in total. The summed E-state index contributed by atoms with van der Waals surface area (Å²) in [6, 6.07) is 13.8. The molecule has 3 amide bonds. The van der Waals surface area contributed by atoms with Crippen LogP contribution in [0.3, 0.4) is 0 Å². The maximum absolute atomic E-state index is 12.7. The van der Waals surface area contributed by atoms with Crippen LogP contribution in [0.1, 0.15) is 15.9 Å². The molecule has 0 atom stereocenters. The first-order chi connectivity index (χ1) is 14.0. The third kappa shape index (κ3) is 5.72. The van der Waals surface area contributed by atoms with E-state index in [9.17, 15) is 14.4 Å². The number of morpholine rings is 1. The van der Waals surface area contributed by atoms with Gasteiger partial charge in [-0.1, -0.05) is 40.2 Å². The molecule has 0 radical (unpaired) electrons. The summed E-state index contributed by atoms with van der Waals surface area (Å²) < 4.78 is 6.12. The van der Waals surface area contributed by atoms with E-state index in [1.807, 2.05) is 18.2 Å². The van der Waals surface area contributed by atoms with Gasteiger partial charge in [-0.25, -0.2) is 5.43 Å². The Balaban J connectivity index is 1.62. The molecule has 1 aliphatic rings. The topological polar surface area (TPSA) is 100 Å². The lowest BCUT2D eigenvalue weighted by molar-refractivity contribution is -0.136. The average molecular weight is 459 g/mol. The summed E-state index contributed by atoms with van der Waals surface area (Å²) in [6.45, 7) is 1.90. The monoisotopic (exact) mass is 458 g/mol. The number of hydrazone groups is 1. The van der Waals surface area contributed by atoms with E-state index in [1.165, 1.54) is 6.21 Å². The van der Waals surface area contributed by atoms with Crippen LogP contribution in [0.25, 0.3) is 0 Å². The van der Waals surface area contributed by atoms with Gasteiger partial charge < -0.3 is 15.0 Å². The van der Waals surface area contributed by atoms with Gasteiger partial charge in [0, 0.05) is 17.6 Å². The van der Waals surface area contributed by atoms with Crippen molar-refractivity contribution in [3.8, 4) is 0 Å². The van der Waals surface area contributed by atoms with Crippen LogP contribution in [0.4, 0.5) is 5.69 Å². The van der Waals surface area contributed by atoms with Gasteiger partial charge in [0.2, 0.25) is 0 Å². The zero-order chi connectivity index (χ0) is 20.6. The molecule has 0 unspecified atom stereocenters. The number of amides is 3. The first-order valence-electron chi connectivity index (χ1n) is 8.90. The smallest absolute Gasteiger partial charge is 0.329 e. The Hall–Kier alpha value is -3.04. The van der Waals surface area contributed by atoms with Crippen molar-refractivity contribution in [2.75, 3.05) is 31.6 Å². The number of ether oxygens (including phenoxy) is 1. The molecule has 1 saturated heterocycles. The second-order valence-electron chi connectivity index (χ2n) is 6.16. The van der Waals surface area contributed by atoms with Gasteiger partial charge in [-0.3, -0.25) is 14.4 Å². The Labute approximate surface area is 176 Å². The molecule has 150 valence electrons. The summed E-state index contributed by atoms with van der Waals surface area (Å²) in [5.41, 5.74) is 3.50. The molecule has 29 heavy (non-hydrogen) atoms. The van der Waals surface area contributed by atoms with Crippen LogP contribution in [0, 0.1) is 0 Å². The van der Waals surface area contributed by atoms with Crippen molar-refractivity contribution in [1.82, 2.24) is 10.3 Å². The SMILES string of the molecule is O=C(NN=Cc1cccc(Br)c1)C(=O)Nc1ccccc1C(=O)N1CCOCC1. The Morgan fingerprint density at radius 1 is 1.03 bits per heavy atom. The summed E-state index contributed by atoms with van der Waals surface area (Å²) in [6.07, 6.45) is 1.42. The lowest BCUT2D eigenvalue weighted by atomic mass is 10.1. The molecule has 2 aromatic rings. The standard InChI is InChI=1S/C20H19BrN4O4/c21-15-5-3-4-14(12-15)13-22-24-19(27)18(26)23-17-7-2-1-6-16(17)20(28)25-8-10-29-11-9-25/h1-7,12-13H,8-11H2,(H,23,26)(H,24,27). The molecule has 2 N–H and O–H groups in total. The number of para-hydroxylation sites is 1. The van der Waals surface area contributed by atoms with Crippen molar-refractivity contribution in [2.24, 2.45) is 5.10 Å². The predicted octanol–water partition coefficient (Wildman–Crippen LogP) is 2.01. The van der Waals surface area contributed by atoms with Crippen LogP contribution in [0.5, 0.6) is 0 Å². The molecule has 0 spiro atoms. The summed E-state index contributed by atoms with van der Waals surface area (Å²) in [4.78, 5) is 38.6. The van der Waals surface area contributed by atoms with Gasteiger partial charge in [0.05, 0.1) is 30.7 Å². The minimum Gasteiger partial charge on any atom is -0.378 e. The van der Waals surface area contributed by atoms with Crippen LogP contribution in [-0.2, 0) is 14.3 Å². The lowest BCUT2D eigenvalue weighted by Gasteiger charge is -2.27. The van der Waals surface area contributed by atoms with Crippen molar-refractivity contribution >= 4 is 45.6 Å². The van der Waals surface area contributed by atoms with Crippen molar-refractivity contribution < 1.29 is 19.1 Å². The van der Waals surface area contributed by atoms with E-state index in [-0.39, 0.29) is 11.6 Å². The predicted molar refractivity (Wildman–Crippen MR) is 112 cm³/mol. The van der Waals surface area contributed by atoms with Gasteiger partial charge in [-0.2, -0.15) is 5.10 Å². The molecule has 3 rings (SSSR count). The van der Waals surface area contributed by atoms with Crippen LogP contribution < -0.4 is 10.7 Å². The van der Waals surface area contributed by atoms with E-state index < -0.39 is 11.8 Å². The number of hydrogen-bond donors (Lipinski definition) is 2. The summed E-state index contributed by atoms with van der Waals surface area (Å²) >= 11 is 3.34. The van der Waals surface area contributed by atoms with E-state index in [1.54, 1.807) is 35.2 Å². The van der Waals surface area contributed by atoms with Crippen LogP contribution in [0.15, 0.2) is 58.1 Å². The minimum atomic E-state index is -0.940. The van der Waals surface area contributed by atoms with Crippen molar-refractivity contribution in [3.63, 3.8) is 0 Å². The number of nitrogens with one attached hydrogen (secondary N) is 2. The highest BCUT2D eigenvalue weighted by Crippen LogP contribution is 2.18. The summed E-state index contributed by atoms with van der Waals surface area (Å²) in [5.74, 6) is -2.08. The number of rotatable bonds is 4. The first-order valence-corrected chi connectivity index (χ1v) is 9.70. The second-order valence-corrected chi connectivity index (χ2v) is 7.07. The summed E-state index contributed by atoms with van der Waals surface area (Å²) in [7, 11) is 0. The third-order valence-electron chi connectivity index (χ3n) is 4.14. The van der Waals surface area contributed by atoms with E-state index in [2.05, 4.69) is 31.8 Å². The minimum absolute atomic E-state index is 0.225. The highest BCUT2D eigenvalue weighted by Gasteiger charge is 2.22. The van der Waals surface area contributed by atoms with Gasteiger partial charge in [0.15, 0.2) is 0 Å². The Morgan fingerprint density at radius 2 is 1.79 bits per heavy atom. The molecule has 1 fully saturated rings. The number of carbonyl (C=O) groups is 3. The van der Waals surface area contributed by atoms with Gasteiger partial charge >= 0.3 is 11.8 Å². The maximum Gasteiger partial charge on any atom is 0.329 e. The summed E-state index contributed by atoms with van der Waals surface area (Å²) in [5, 5.41) is 6.26. The second kappa shape index (κ2) is 9.94. The van der Waals surface area contributed by atoms with Crippen molar-refractivity contribution in [1.29, 1.82) is 0 Å². The highest BCUT2D eigenvalue weighted by atomic mass is 79.9. The van der Waals surface area contributed by atoms with E-state index in [4.69, 9.17) is 4.74 Å². The van der Waals surface area contributed by atoms with E-state index >= 15 is 0 Å². The van der Waals surface area contributed by atoms with Gasteiger partial charge in [-0.05, 0) is 29.8 Å². The third-order valence-corrected chi connectivity index (χ3v) is 4.63. The van der Waals surface area contributed by atoms with Crippen molar-refractivity contribution in [2.45, 2.75) is 0 Å². The average Bonchev–Trinajstić information content (AvgIpc) is 2.74. The molecular weight excluding hydrogens is 440 g/mol. The molecule has 2 aromatic carbocycles. The van der Waals surface area contributed by atoms with Crippen LogP contribution in [-0.4, -0.2) is 55.1 Å². The largest absolute Gasteiger partial charge is 0.378 e. The van der Waals surface area contributed by atoms with Gasteiger partial charge in [-0.15, -0.1) is 0 Å². The van der Waals surface area contributed by atoms with Crippen LogP contribution in [0.2, 0.25) is 0 Å². The fourth-order valence-corrected chi connectivity index (χ4v) is 3.11. The van der Waals surface area contributed by atoms with Crippen molar-refractivity contribution in [3.05, 3.63) is 64.1 Å². The number of halogens is 1. The quantitative estimate of drug-likeness (QED) is 0.415. The number of benzene rings is 2. The van der Waals surface area contributed by atoms with E-state index in [0.29, 0.717) is 31.9 Å². The molecule has 0 aliphatic carbocycles. The fourth-order valence-electron chi connectivity index (χ4n) is 2.70. The normalized spacial score (nSPS) is 13.9.